The van der Waals surface area contributed by atoms with Crippen molar-refractivity contribution in [1.29, 1.82) is 0 Å². The molecule has 212 valence electrons. The highest BCUT2D eigenvalue weighted by atomic mass is 32.1. The molecule has 4 aromatic carbocycles. The topological polar surface area (TPSA) is 65.6 Å². The van der Waals surface area contributed by atoms with E-state index in [1.807, 2.05) is 55.5 Å². The first-order valence-electron chi connectivity index (χ1n) is 14.3. The lowest BCUT2D eigenvalue weighted by Crippen LogP contribution is -2.40. The van der Waals surface area contributed by atoms with Gasteiger partial charge in [-0.25, -0.2) is 9.79 Å². The summed E-state index contributed by atoms with van der Waals surface area (Å²) in [6.45, 7) is 2.66. The molecule has 0 amide bonds. The number of hydrogen-bond donors (Lipinski definition) is 0. The van der Waals surface area contributed by atoms with Gasteiger partial charge in [0.15, 0.2) is 4.80 Å². The fourth-order valence-electron chi connectivity index (χ4n) is 6.09. The predicted molar refractivity (Wildman–Crippen MR) is 172 cm³/mol. The number of hydrogen-bond acceptors (Lipinski definition) is 5. The van der Waals surface area contributed by atoms with Crippen LogP contribution in [-0.4, -0.2) is 22.2 Å². The fraction of sp³-hybridized carbons (Fsp3) is 0.139. The summed E-state index contributed by atoms with van der Waals surface area (Å²) in [5.74, 6) is -0.472. The molecule has 0 spiro atoms. The van der Waals surface area contributed by atoms with Gasteiger partial charge in [-0.1, -0.05) is 109 Å². The molecule has 7 heteroatoms. The van der Waals surface area contributed by atoms with Crippen molar-refractivity contribution in [2.24, 2.45) is 4.99 Å². The van der Waals surface area contributed by atoms with E-state index in [1.165, 1.54) is 34.8 Å². The van der Waals surface area contributed by atoms with Gasteiger partial charge in [-0.15, -0.1) is 0 Å². The minimum atomic E-state index is -0.616. The Balaban J connectivity index is 1.40. The number of para-hydroxylation sites is 1. The SMILES string of the molecule is CCC1=C(C(=O)OC)[C@H](c2ccccc2)n2c(s/c(=C/c3cn(Cc4cccc5ccccc45)c4ccccc34)c2=O)=N1. The molecule has 0 aliphatic carbocycles. The van der Waals surface area contributed by atoms with Crippen LogP contribution in [0, 0.1) is 0 Å². The van der Waals surface area contributed by atoms with Crippen LogP contribution in [0.3, 0.4) is 0 Å². The highest BCUT2D eigenvalue weighted by Crippen LogP contribution is 2.32. The van der Waals surface area contributed by atoms with Crippen molar-refractivity contribution >= 4 is 45.1 Å². The number of benzene rings is 4. The molecule has 6 aromatic rings. The number of thiazole rings is 1. The monoisotopic (exact) mass is 583 g/mol. The van der Waals surface area contributed by atoms with Gasteiger partial charge < -0.3 is 9.30 Å². The number of rotatable bonds is 6. The second kappa shape index (κ2) is 11.0. The molecular formula is C36H29N3O3S. The summed E-state index contributed by atoms with van der Waals surface area (Å²) in [4.78, 5) is 32.6. The second-order valence-corrected chi connectivity index (χ2v) is 11.6. The number of fused-ring (bicyclic) bond motifs is 3. The summed E-state index contributed by atoms with van der Waals surface area (Å²) in [5, 5.41) is 3.51. The zero-order chi connectivity index (χ0) is 29.5. The van der Waals surface area contributed by atoms with Crippen LogP contribution in [0.15, 0.2) is 124 Å². The van der Waals surface area contributed by atoms with E-state index in [9.17, 15) is 9.59 Å². The van der Waals surface area contributed by atoms with E-state index < -0.39 is 12.0 Å². The van der Waals surface area contributed by atoms with Gasteiger partial charge >= 0.3 is 5.97 Å². The summed E-state index contributed by atoms with van der Waals surface area (Å²) >= 11 is 1.35. The number of carbonyl (C=O) groups excluding carboxylic acids is 1. The highest BCUT2D eigenvalue weighted by Gasteiger charge is 2.33. The van der Waals surface area contributed by atoms with E-state index >= 15 is 0 Å². The third-order valence-electron chi connectivity index (χ3n) is 8.09. The summed E-state index contributed by atoms with van der Waals surface area (Å²) in [7, 11) is 1.36. The number of nitrogens with zero attached hydrogens (tertiary/aromatic N) is 3. The maximum absolute atomic E-state index is 14.1. The molecule has 7 rings (SSSR count). The lowest BCUT2D eigenvalue weighted by molar-refractivity contribution is -0.136. The van der Waals surface area contributed by atoms with Crippen LogP contribution < -0.4 is 14.9 Å². The Morgan fingerprint density at radius 2 is 1.65 bits per heavy atom. The summed E-state index contributed by atoms with van der Waals surface area (Å²) in [6, 6.07) is 32.1. The number of esters is 1. The van der Waals surface area contributed by atoms with Crippen molar-refractivity contribution in [2.75, 3.05) is 7.11 Å². The number of allylic oxidation sites excluding steroid dienone is 1. The van der Waals surface area contributed by atoms with Gasteiger partial charge in [0, 0.05) is 29.2 Å². The number of carbonyl (C=O) groups is 1. The molecule has 43 heavy (non-hydrogen) atoms. The molecule has 0 bridgehead atoms. The second-order valence-electron chi connectivity index (χ2n) is 10.6. The normalized spacial score (nSPS) is 15.1. The van der Waals surface area contributed by atoms with Crippen molar-refractivity contribution in [3.63, 3.8) is 0 Å². The molecule has 0 saturated carbocycles. The molecule has 2 aromatic heterocycles. The van der Waals surface area contributed by atoms with Crippen LogP contribution in [-0.2, 0) is 16.1 Å². The zero-order valence-corrected chi connectivity index (χ0v) is 24.7. The van der Waals surface area contributed by atoms with Crippen LogP contribution in [0.4, 0.5) is 0 Å². The van der Waals surface area contributed by atoms with Gasteiger partial charge in [-0.3, -0.25) is 9.36 Å². The van der Waals surface area contributed by atoms with Crippen LogP contribution in [0.25, 0.3) is 27.8 Å². The van der Waals surface area contributed by atoms with Crippen molar-refractivity contribution in [3.8, 4) is 0 Å². The van der Waals surface area contributed by atoms with E-state index in [4.69, 9.17) is 9.73 Å². The lowest BCUT2D eigenvalue weighted by atomic mass is 9.95. The Labute approximate surface area is 252 Å². The third-order valence-corrected chi connectivity index (χ3v) is 9.08. The Kier molecular flexibility index (Phi) is 6.87. The van der Waals surface area contributed by atoms with E-state index in [-0.39, 0.29) is 5.56 Å². The molecule has 1 atom stereocenters. The first-order chi connectivity index (χ1) is 21.1. The smallest absolute Gasteiger partial charge is 0.338 e. The fourth-order valence-corrected chi connectivity index (χ4v) is 7.10. The van der Waals surface area contributed by atoms with E-state index in [0.717, 1.165) is 22.0 Å². The van der Waals surface area contributed by atoms with Gasteiger partial charge in [-0.2, -0.15) is 0 Å². The molecule has 1 aliphatic heterocycles. The standard InChI is InChI=1S/C36H29N3O3S/c1-3-29-32(35(41)42-2)33(24-13-5-4-6-14-24)39-34(40)31(43-36(39)37-29)20-26-22-38(30-19-10-9-18-28(26)30)21-25-16-11-15-23-12-7-8-17-27(23)25/h4-20,22,33H,3,21H2,1-2H3/b31-20+/t33-/m0/s1. The largest absolute Gasteiger partial charge is 0.466 e. The Morgan fingerprint density at radius 1 is 0.930 bits per heavy atom. The van der Waals surface area contributed by atoms with Crippen LogP contribution >= 0.6 is 11.3 Å². The number of aromatic nitrogens is 2. The molecule has 0 saturated heterocycles. The maximum Gasteiger partial charge on any atom is 0.338 e. The van der Waals surface area contributed by atoms with Gasteiger partial charge in [0.1, 0.15) is 0 Å². The first-order valence-corrected chi connectivity index (χ1v) is 15.1. The minimum Gasteiger partial charge on any atom is -0.466 e. The van der Waals surface area contributed by atoms with Gasteiger partial charge in [0.25, 0.3) is 5.56 Å². The summed E-state index contributed by atoms with van der Waals surface area (Å²) in [6.07, 6.45) is 4.62. The minimum absolute atomic E-state index is 0.181. The van der Waals surface area contributed by atoms with Crippen molar-refractivity contribution in [2.45, 2.75) is 25.9 Å². The number of methoxy groups -OCH3 is 1. The van der Waals surface area contributed by atoms with Crippen molar-refractivity contribution < 1.29 is 9.53 Å². The molecule has 1 aliphatic rings. The lowest BCUT2D eigenvalue weighted by Gasteiger charge is -2.25. The van der Waals surface area contributed by atoms with E-state index in [0.29, 0.717) is 33.6 Å². The molecule has 3 heterocycles. The molecular weight excluding hydrogens is 554 g/mol. The van der Waals surface area contributed by atoms with Crippen molar-refractivity contribution in [1.82, 2.24) is 9.13 Å². The van der Waals surface area contributed by atoms with Gasteiger partial charge in [-0.05, 0) is 40.5 Å². The molecule has 0 N–H and O–H groups in total. The first kappa shape index (κ1) is 26.9. The Morgan fingerprint density at radius 3 is 2.44 bits per heavy atom. The Bertz CT molecular complexity index is 2230. The average molecular weight is 584 g/mol. The third kappa shape index (κ3) is 4.62. The Hall–Kier alpha value is -5.01. The molecule has 6 nitrogen and oxygen atoms in total. The quantitative estimate of drug-likeness (QED) is 0.228. The van der Waals surface area contributed by atoms with Gasteiger partial charge in [0.05, 0.1) is 29.0 Å². The average Bonchev–Trinajstić information content (AvgIpc) is 3.56. The van der Waals surface area contributed by atoms with Crippen LogP contribution in [0.2, 0.25) is 0 Å². The molecule has 0 fully saturated rings. The zero-order valence-electron chi connectivity index (χ0n) is 23.9. The highest BCUT2D eigenvalue weighted by molar-refractivity contribution is 7.07. The molecule has 0 radical (unpaired) electrons. The predicted octanol–water partition coefficient (Wildman–Crippen LogP) is 5.95. The van der Waals surface area contributed by atoms with Gasteiger partial charge in [0.2, 0.25) is 0 Å². The maximum atomic E-state index is 14.1. The van der Waals surface area contributed by atoms with Crippen LogP contribution in [0.5, 0.6) is 0 Å². The van der Waals surface area contributed by atoms with Crippen LogP contribution in [0.1, 0.15) is 36.1 Å². The van der Waals surface area contributed by atoms with Crippen molar-refractivity contribution in [3.05, 3.63) is 151 Å². The van der Waals surface area contributed by atoms with E-state index in [1.54, 1.807) is 4.57 Å². The number of ether oxygens (including phenoxy) is 1. The molecule has 0 unspecified atom stereocenters. The van der Waals surface area contributed by atoms with E-state index in [2.05, 4.69) is 65.4 Å². The summed E-state index contributed by atoms with van der Waals surface area (Å²) < 4.78 is 9.63. The summed E-state index contributed by atoms with van der Waals surface area (Å²) in [5.41, 5.74) is 4.98.